The molecule has 0 heterocycles. The summed E-state index contributed by atoms with van der Waals surface area (Å²) in [6.45, 7) is -0.0854. The number of benzene rings is 1. The van der Waals surface area contributed by atoms with Crippen molar-refractivity contribution < 1.29 is 42.1 Å². The van der Waals surface area contributed by atoms with E-state index in [2.05, 4.69) is 5.32 Å². The summed E-state index contributed by atoms with van der Waals surface area (Å²) >= 11 is 0. The molecular weight excluding hydrogens is 373 g/mol. The van der Waals surface area contributed by atoms with Crippen LogP contribution in [-0.4, -0.2) is 51.2 Å². The summed E-state index contributed by atoms with van der Waals surface area (Å²) in [4.78, 5) is 22.2. The zero-order valence-corrected chi connectivity index (χ0v) is 15.0. The predicted octanol–water partition coefficient (Wildman–Crippen LogP) is 2.48. The van der Waals surface area contributed by atoms with Gasteiger partial charge in [-0.1, -0.05) is 0 Å². The Morgan fingerprint density at radius 3 is 2.07 bits per heavy atom. The van der Waals surface area contributed by atoms with Crippen molar-refractivity contribution in [3.63, 3.8) is 0 Å². The maximum absolute atomic E-state index is 13.5. The molecule has 2 amide bonds. The fraction of sp³-hybridized carbons (Fsp3) is 0.500. The lowest BCUT2D eigenvalue weighted by Crippen LogP contribution is -2.43. The number of halogens is 3. The smallest absolute Gasteiger partial charge is 0.412 e. The third-order valence-corrected chi connectivity index (χ3v) is 3.48. The van der Waals surface area contributed by atoms with Gasteiger partial charge in [-0.2, -0.15) is 13.2 Å². The molecule has 0 fully saturated rings. The number of ether oxygens (including phenoxy) is 3. The van der Waals surface area contributed by atoms with Crippen LogP contribution in [0.2, 0.25) is 0 Å². The highest BCUT2D eigenvalue weighted by atomic mass is 19.4. The Hall–Kier alpha value is -2.85. The van der Waals surface area contributed by atoms with E-state index in [1.54, 1.807) is 0 Å². The van der Waals surface area contributed by atoms with E-state index in [0.717, 1.165) is 12.1 Å². The van der Waals surface area contributed by atoms with Gasteiger partial charge in [0.2, 0.25) is 5.75 Å². The number of alkyl halides is 3. The largest absolute Gasteiger partial charge is 0.493 e. The van der Waals surface area contributed by atoms with E-state index < -0.39 is 24.2 Å². The normalized spacial score (nSPS) is 12.1. The average Bonchev–Trinajstić information content (AvgIpc) is 2.60. The second-order valence-corrected chi connectivity index (χ2v) is 5.33. The van der Waals surface area contributed by atoms with E-state index in [1.807, 2.05) is 5.32 Å². The zero-order chi connectivity index (χ0) is 20.6. The van der Waals surface area contributed by atoms with E-state index >= 15 is 0 Å². The minimum absolute atomic E-state index is 0.00441. The maximum atomic E-state index is 13.5. The Morgan fingerprint density at radius 1 is 1.11 bits per heavy atom. The van der Waals surface area contributed by atoms with Crippen molar-refractivity contribution in [2.24, 2.45) is 0 Å². The summed E-state index contributed by atoms with van der Waals surface area (Å²) in [6.07, 6.45) is -4.93. The van der Waals surface area contributed by atoms with Gasteiger partial charge in [-0.3, -0.25) is 4.79 Å². The van der Waals surface area contributed by atoms with Crippen molar-refractivity contribution in [1.82, 2.24) is 10.6 Å². The molecule has 0 bridgehead atoms. The quantitative estimate of drug-likeness (QED) is 0.556. The van der Waals surface area contributed by atoms with Crippen LogP contribution in [0.5, 0.6) is 17.2 Å². The van der Waals surface area contributed by atoms with Gasteiger partial charge in [0.1, 0.15) is 0 Å². The van der Waals surface area contributed by atoms with Crippen molar-refractivity contribution in [3.8, 4) is 17.2 Å². The molecule has 0 aliphatic rings. The van der Waals surface area contributed by atoms with Gasteiger partial charge in [0.25, 0.3) is 0 Å². The van der Waals surface area contributed by atoms with Crippen LogP contribution in [0.25, 0.3) is 0 Å². The summed E-state index contributed by atoms with van der Waals surface area (Å²) in [5, 5.41) is 12.5. The van der Waals surface area contributed by atoms with Gasteiger partial charge < -0.3 is 30.0 Å². The maximum Gasteiger partial charge on any atom is 0.412 e. The van der Waals surface area contributed by atoms with Gasteiger partial charge in [-0.15, -0.1) is 0 Å². The first-order valence-corrected chi connectivity index (χ1v) is 7.76. The van der Waals surface area contributed by atoms with E-state index in [-0.39, 0.29) is 42.2 Å². The molecule has 1 rings (SSSR count). The van der Waals surface area contributed by atoms with Crippen LogP contribution in [0.1, 0.15) is 24.4 Å². The number of carboxylic acid groups (broad SMARTS) is 1. The number of carbonyl (C=O) groups is 2. The third kappa shape index (κ3) is 6.42. The molecule has 0 aliphatic heterocycles. The lowest BCUT2D eigenvalue weighted by molar-refractivity contribution is -0.155. The van der Waals surface area contributed by atoms with Crippen molar-refractivity contribution in [1.29, 1.82) is 0 Å². The van der Waals surface area contributed by atoms with Crippen LogP contribution in [0.15, 0.2) is 12.1 Å². The molecule has 0 aliphatic carbocycles. The number of hydrogen-bond acceptors (Lipinski definition) is 5. The van der Waals surface area contributed by atoms with E-state index in [1.165, 1.54) is 21.3 Å². The first-order valence-electron chi connectivity index (χ1n) is 7.76. The summed E-state index contributed by atoms with van der Waals surface area (Å²) in [7, 11) is 3.82. The van der Waals surface area contributed by atoms with Gasteiger partial charge in [0, 0.05) is 13.0 Å². The van der Waals surface area contributed by atoms with Gasteiger partial charge >= 0.3 is 18.2 Å². The first kappa shape index (κ1) is 22.2. The molecular formula is C16H21F3N2O6. The van der Waals surface area contributed by atoms with Crippen molar-refractivity contribution >= 4 is 12.0 Å². The molecule has 8 nitrogen and oxygen atoms in total. The van der Waals surface area contributed by atoms with Gasteiger partial charge in [0.05, 0.1) is 21.3 Å². The van der Waals surface area contributed by atoms with Crippen LogP contribution >= 0.6 is 0 Å². The number of methoxy groups -OCH3 is 3. The summed E-state index contributed by atoms with van der Waals surface area (Å²) < 4.78 is 55.6. The van der Waals surface area contributed by atoms with Gasteiger partial charge in [-0.25, -0.2) is 4.79 Å². The highest BCUT2D eigenvalue weighted by Gasteiger charge is 2.42. The number of nitrogens with one attached hydrogen (secondary N) is 2. The zero-order valence-electron chi connectivity index (χ0n) is 15.0. The topological polar surface area (TPSA) is 106 Å². The fourth-order valence-corrected chi connectivity index (χ4v) is 2.25. The molecule has 1 unspecified atom stereocenters. The first-order chi connectivity index (χ1) is 12.6. The number of amides is 2. The second-order valence-electron chi connectivity index (χ2n) is 5.33. The van der Waals surface area contributed by atoms with Crippen LogP contribution in [0.3, 0.4) is 0 Å². The highest BCUT2D eigenvalue weighted by molar-refractivity contribution is 5.75. The van der Waals surface area contributed by atoms with Gasteiger partial charge in [0.15, 0.2) is 17.5 Å². The van der Waals surface area contributed by atoms with E-state index in [9.17, 15) is 22.8 Å². The van der Waals surface area contributed by atoms with Crippen LogP contribution in [-0.2, 0) is 4.79 Å². The Labute approximate surface area is 153 Å². The molecule has 152 valence electrons. The Kier molecular flexibility index (Phi) is 8.00. The van der Waals surface area contributed by atoms with Crippen molar-refractivity contribution in [2.75, 3.05) is 27.9 Å². The van der Waals surface area contributed by atoms with E-state index in [0.29, 0.717) is 0 Å². The number of carbonyl (C=O) groups excluding carboxylic acids is 1. The molecule has 0 saturated carbocycles. The molecule has 0 radical (unpaired) electrons. The summed E-state index contributed by atoms with van der Waals surface area (Å²) in [5.41, 5.74) is -0.322. The molecule has 0 saturated heterocycles. The van der Waals surface area contributed by atoms with Gasteiger partial charge in [-0.05, 0) is 24.1 Å². The van der Waals surface area contributed by atoms with Crippen molar-refractivity contribution in [2.45, 2.75) is 25.1 Å². The van der Waals surface area contributed by atoms with E-state index in [4.69, 9.17) is 19.3 Å². The SMILES string of the molecule is COc1cc(C(NC(=O)NCCCC(=O)O)C(F)(F)F)cc(OC)c1OC. The monoisotopic (exact) mass is 394 g/mol. The Morgan fingerprint density at radius 2 is 1.67 bits per heavy atom. The Bertz CT molecular complexity index is 641. The second kappa shape index (κ2) is 9.74. The molecule has 0 aromatic heterocycles. The summed E-state index contributed by atoms with van der Waals surface area (Å²) in [5.74, 6) is -0.944. The van der Waals surface area contributed by atoms with Crippen LogP contribution in [0, 0.1) is 0 Å². The molecule has 1 atom stereocenters. The van der Waals surface area contributed by atoms with Crippen LogP contribution in [0.4, 0.5) is 18.0 Å². The minimum atomic E-state index is -4.80. The lowest BCUT2D eigenvalue weighted by Gasteiger charge is -2.24. The molecule has 3 N–H and O–H groups in total. The van der Waals surface area contributed by atoms with Crippen LogP contribution < -0.4 is 24.8 Å². The minimum Gasteiger partial charge on any atom is -0.493 e. The third-order valence-electron chi connectivity index (χ3n) is 3.48. The molecule has 27 heavy (non-hydrogen) atoms. The fourth-order valence-electron chi connectivity index (χ4n) is 2.25. The highest BCUT2D eigenvalue weighted by Crippen LogP contribution is 2.42. The number of rotatable bonds is 9. The Balaban J connectivity index is 3.04. The standard InChI is InChI=1S/C16H21F3N2O6/c1-25-10-7-9(8-11(26-2)13(10)27-3)14(16(17,18)19)21-15(24)20-6-4-5-12(22)23/h7-8,14H,4-6H2,1-3H3,(H,22,23)(H2,20,21,24). The molecule has 1 aromatic carbocycles. The summed E-state index contributed by atoms with van der Waals surface area (Å²) in [6, 6.07) is -1.25. The number of hydrogen-bond donors (Lipinski definition) is 3. The lowest BCUT2D eigenvalue weighted by atomic mass is 10.0. The molecule has 1 aromatic rings. The number of urea groups is 1. The predicted molar refractivity (Wildman–Crippen MR) is 88.3 cm³/mol. The number of carboxylic acids is 1. The molecule has 0 spiro atoms. The number of aliphatic carboxylic acids is 1. The molecule has 11 heteroatoms. The van der Waals surface area contributed by atoms with Crippen molar-refractivity contribution in [3.05, 3.63) is 17.7 Å². The average molecular weight is 394 g/mol.